The molecule has 5 rings (SSSR count). The van der Waals surface area contributed by atoms with Gasteiger partial charge in [0.15, 0.2) is 0 Å². The predicted octanol–water partition coefficient (Wildman–Crippen LogP) is 4.39. The number of anilines is 1. The molecule has 1 N–H and O–H groups in total. The maximum atomic E-state index is 12.5. The van der Waals surface area contributed by atoms with Gasteiger partial charge in [-0.05, 0) is 51.3 Å². The molecular weight excluding hydrogens is 450 g/mol. The number of hydrogen-bond acceptors (Lipinski definition) is 7. The first kappa shape index (κ1) is 22.6. The van der Waals surface area contributed by atoms with Crippen LogP contribution in [0.5, 0.6) is 0 Å². The molecule has 8 heteroatoms. The maximum Gasteiger partial charge on any atom is 0.237 e. The van der Waals surface area contributed by atoms with Gasteiger partial charge in [0.05, 0.1) is 17.2 Å². The van der Waals surface area contributed by atoms with Gasteiger partial charge in [0.2, 0.25) is 5.91 Å². The highest BCUT2D eigenvalue weighted by Gasteiger charge is 2.31. The molecule has 3 heterocycles. The normalized spacial score (nSPS) is 18.0. The zero-order valence-electron chi connectivity index (χ0n) is 19.5. The van der Waals surface area contributed by atoms with Crippen molar-refractivity contribution in [2.75, 3.05) is 31.1 Å². The van der Waals surface area contributed by atoms with Crippen LogP contribution in [0.1, 0.15) is 36.0 Å². The molecule has 0 bridgehead atoms. The summed E-state index contributed by atoms with van der Waals surface area (Å²) in [6.07, 6.45) is 2.25. The topological polar surface area (TPSA) is 61.4 Å². The summed E-state index contributed by atoms with van der Waals surface area (Å²) in [4.78, 5) is 30.8. The number of nitrogens with zero attached hydrogens (tertiary/aromatic N) is 4. The third-order valence-electron chi connectivity index (χ3n) is 6.63. The van der Waals surface area contributed by atoms with Crippen LogP contribution in [-0.2, 0) is 10.5 Å². The van der Waals surface area contributed by atoms with Gasteiger partial charge in [0.1, 0.15) is 16.5 Å². The van der Waals surface area contributed by atoms with E-state index in [9.17, 15) is 4.79 Å². The molecule has 1 saturated carbocycles. The van der Waals surface area contributed by atoms with E-state index >= 15 is 0 Å². The molecule has 2 aliphatic rings. The molecule has 33 heavy (non-hydrogen) atoms. The average Bonchev–Trinajstić information content (AvgIpc) is 3.61. The van der Waals surface area contributed by atoms with E-state index in [1.807, 2.05) is 13.0 Å². The van der Waals surface area contributed by atoms with Gasteiger partial charge >= 0.3 is 0 Å². The minimum Gasteiger partial charge on any atom is -0.353 e. The molecule has 1 atom stereocenters. The third-order valence-corrected chi connectivity index (χ3v) is 8.74. The van der Waals surface area contributed by atoms with E-state index in [4.69, 9.17) is 9.97 Å². The van der Waals surface area contributed by atoms with Gasteiger partial charge in [-0.25, -0.2) is 9.97 Å². The quantitative estimate of drug-likeness (QED) is 0.505. The van der Waals surface area contributed by atoms with Gasteiger partial charge in [-0.15, -0.1) is 23.1 Å². The zero-order valence-corrected chi connectivity index (χ0v) is 21.1. The van der Waals surface area contributed by atoms with Crippen molar-refractivity contribution in [1.82, 2.24) is 20.2 Å². The lowest BCUT2D eigenvalue weighted by Crippen LogP contribution is -2.54. The number of nitrogens with one attached hydrogen (secondary N) is 1. The van der Waals surface area contributed by atoms with Gasteiger partial charge in [-0.3, -0.25) is 9.69 Å². The van der Waals surface area contributed by atoms with Crippen LogP contribution in [0.4, 0.5) is 5.82 Å². The second-order valence-electron chi connectivity index (χ2n) is 9.01. The van der Waals surface area contributed by atoms with Crippen molar-refractivity contribution >= 4 is 45.0 Å². The molecule has 3 aromatic rings. The lowest BCUT2D eigenvalue weighted by Gasteiger charge is -2.38. The molecule has 0 spiro atoms. The molecule has 1 aliphatic carbocycles. The molecule has 1 aromatic carbocycles. The van der Waals surface area contributed by atoms with Gasteiger partial charge in [-0.2, -0.15) is 0 Å². The largest absolute Gasteiger partial charge is 0.353 e. The zero-order chi connectivity index (χ0) is 22.9. The summed E-state index contributed by atoms with van der Waals surface area (Å²) >= 11 is 3.54. The summed E-state index contributed by atoms with van der Waals surface area (Å²) < 4.78 is 0. The van der Waals surface area contributed by atoms with Crippen molar-refractivity contribution in [2.45, 2.75) is 56.3 Å². The molecule has 1 aliphatic heterocycles. The molecule has 6 nitrogen and oxygen atoms in total. The smallest absolute Gasteiger partial charge is 0.237 e. The molecule has 0 radical (unpaired) electrons. The summed E-state index contributed by atoms with van der Waals surface area (Å²) in [6, 6.07) is 10.8. The Morgan fingerprint density at radius 1 is 1.15 bits per heavy atom. The number of benzene rings is 1. The monoisotopic (exact) mass is 481 g/mol. The Kier molecular flexibility index (Phi) is 6.58. The first-order valence-electron chi connectivity index (χ1n) is 11.7. The summed E-state index contributed by atoms with van der Waals surface area (Å²) in [6.45, 7) is 9.84. The molecule has 2 fully saturated rings. The number of thioether (sulfide) groups is 1. The van der Waals surface area contributed by atoms with E-state index in [0.29, 0.717) is 6.04 Å². The molecule has 174 valence electrons. The van der Waals surface area contributed by atoms with Crippen LogP contribution >= 0.6 is 23.1 Å². The van der Waals surface area contributed by atoms with Crippen LogP contribution in [0.3, 0.4) is 0 Å². The number of aromatic nitrogens is 2. The minimum atomic E-state index is -0.0823. The Morgan fingerprint density at radius 3 is 2.58 bits per heavy atom. The Bertz CT molecular complexity index is 1140. The van der Waals surface area contributed by atoms with E-state index < -0.39 is 0 Å². The van der Waals surface area contributed by atoms with E-state index in [1.54, 1.807) is 23.1 Å². The van der Waals surface area contributed by atoms with E-state index in [2.05, 4.69) is 53.2 Å². The van der Waals surface area contributed by atoms with Crippen LogP contribution in [-0.4, -0.2) is 59.0 Å². The van der Waals surface area contributed by atoms with Gasteiger partial charge in [-0.1, -0.05) is 18.2 Å². The van der Waals surface area contributed by atoms with Crippen molar-refractivity contribution in [3.63, 3.8) is 0 Å². The van der Waals surface area contributed by atoms with Crippen molar-refractivity contribution in [3.8, 4) is 0 Å². The number of rotatable bonds is 7. The number of aryl methyl sites for hydroxylation is 2. The number of carbonyl (C=O) groups is 1. The first-order chi connectivity index (χ1) is 16.0. The highest BCUT2D eigenvalue weighted by atomic mass is 32.2. The van der Waals surface area contributed by atoms with Crippen LogP contribution in [0.2, 0.25) is 0 Å². The Morgan fingerprint density at radius 2 is 1.88 bits per heavy atom. The van der Waals surface area contributed by atoms with Crippen molar-refractivity contribution in [1.29, 1.82) is 0 Å². The van der Waals surface area contributed by atoms with E-state index in [-0.39, 0.29) is 11.9 Å². The van der Waals surface area contributed by atoms with Crippen molar-refractivity contribution in [2.24, 2.45) is 0 Å². The van der Waals surface area contributed by atoms with E-state index in [1.165, 1.54) is 20.7 Å². The second kappa shape index (κ2) is 9.60. The lowest BCUT2D eigenvalue weighted by atomic mass is 10.1. The molecule has 2 aromatic heterocycles. The molecule has 1 saturated heterocycles. The fourth-order valence-corrected chi connectivity index (χ4v) is 6.08. The Balaban J connectivity index is 1.33. The third kappa shape index (κ3) is 5.03. The van der Waals surface area contributed by atoms with Crippen LogP contribution in [0, 0.1) is 13.8 Å². The Hall–Kier alpha value is -2.16. The number of piperazine rings is 1. The van der Waals surface area contributed by atoms with Gasteiger partial charge < -0.3 is 10.2 Å². The summed E-state index contributed by atoms with van der Waals surface area (Å²) in [5.74, 6) is 2.86. The van der Waals surface area contributed by atoms with Crippen LogP contribution in [0.25, 0.3) is 10.2 Å². The predicted molar refractivity (Wildman–Crippen MR) is 137 cm³/mol. The average molecular weight is 482 g/mol. The highest BCUT2D eigenvalue weighted by Crippen LogP contribution is 2.36. The SMILES string of the molecule is Cc1sc2nc(CSc3ccccc3)nc(N3CCN([C@H](C)C(=O)NC4CC4)CC3)c2c1C. The lowest BCUT2D eigenvalue weighted by molar-refractivity contribution is -0.126. The number of amides is 1. The second-order valence-corrected chi connectivity index (χ2v) is 11.3. The standard InChI is InChI=1S/C25H31N5OS2/c1-16-18(3)33-25-22(16)23(27-21(28-25)15-32-20-7-5-4-6-8-20)30-13-11-29(12-14-30)17(2)24(31)26-19-9-10-19/h4-8,17,19H,9-15H2,1-3H3,(H,26,31)/t17-/m1/s1. The fraction of sp³-hybridized carbons (Fsp3) is 0.480. The number of thiophene rings is 1. The van der Waals surface area contributed by atoms with Crippen LogP contribution < -0.4 is 10.2 Å². The summed E-state index contributed by atoms with van der Waals surface area (Å²) in [7, 11) is 0. The molecule has 1 amide bonds. The number of carbonyl (C=O) groups excluding carboxylic acids is 1. The number of fused-ring (bicyclic) bond motifs is 1. The van der Waals surface area contributed by atoms with Crippen LogP contribution in [0.15, 0.2) is 35.2 Å². The fourth-order valence-electron chi connectivity index (χ4n) is 4.27. The molecular formula is C25H31N5OS2. The van der Waals surface area contributed by atoms with Crippen molar-refractivity contribution < 1.29 is 4.79 Å². The summed E-state index contributed by atoms with van der Waals surface area (Å²) in [5.41, 5.74) is 1.28. The van der Waals surface area contributed by atoms with E-state index in [0.717, 1.165) is 61.2 Å². The minimum absolute atomic E-state index is 0.0823. The van der Waals surface area contributed by atoms with Gasteiger partial charge in [0, 0.05) is 42.0 Å². The Labute approximate surface area is 203 Å². The maximum absolute atomic E-state index is 12.5. The number of hydrogen-bond donors (Lipinski definition) is 1. The van der Waals surface area contributed by atoms with Crippen molar-refractivity contribution in [3.05, 3.63) is 46.6 Å². The highest BCUT2D eigenvalue weighted by molar-refractivity contribution is 7.98. The molecule has 0 unspecified atom stereocenters. The first-order valence-corrected chi connectivity index (χ1v) is 13.5. The summed E-state index contributed by atoms with van der Waals surface area (Å²) in [5, 5.41) is 4.34. The van der Waals surface area contributed by atoms with Gasteiger partial charge in [0.25, 0.3) is 0 Å².